The van der Waals surface area contributed by atoms with Gasteiger partial charge in [-0.25, -0.2) is 4.98 Å². The van der Waals surface area contributed by atoms with Crippen LogP contribution in [0.5, 0.6) is 0 Å². The molecule has 0 bridgehead atoms. The second-order valence-corrected chi connectivity index (χ2v) is 7.95. The molecule has 1 saturated carbocycles. The number of carbonyl (C=O) groups excluding carboxylic acids is 1. The maximum Gasteiger partial charge on any atom is 0.233 e. The van der Waals surface area contributed by atoms with Gasteiger partial charge in [0.05, 0.1) is 12.0 Å². The van der Waals surface area contributed by atoms with E-state index in [4.69, 9.17) is 0 Å². The van der Waals surface area contributed by atoms with Crippen LogP contribution in [-0.2, 0) is 11.2 Å². The minimum absolute atomic E-state index is 0.0325. The number of benzene rings is 1. The number of rotatable bonds is 7. The molecule has 0 spiro atoms. The quantitative estimate of drug-likeness (QED) is 0.772. The summed E-state index contributed by atoms with van der Waals surface area (Å²) in [7, 11) is 0. The van der Waals surface area contributed by atoms with Crippen molar-refractivity contribution in [1.29, 1.82) is 0 Å². The van der Waals surface area contributed by atoms with Crippen LogP contribution in [-0.4, -0.2) is 22.1 Å². The Kier molecular flexibility index (Phi) is 6.21. The maximum absolute atomic E-state index is 12.9. The van der Waals surface area contributed by atoms with Crippen molar-refractivity contribution in [3.63, 3.8) is 0 Å². The third-order valence-corrected chi connectivity index (χ3v) is 5.62. The molecule has 2 aromatic rings. The molecular formula is C20H26N2O2S. The summed E-state index contributed by atoms with van der Waals surface area (Å²) in [6, 6.07) is 8.14. The lowest BCUT2D eigenvalue weighted by Crippen LogP contribution is -2.23. The smallest absolute Gasteiger partial charge is 0.233 e. The highest BCUT2D eigenvalue weighted by molar-refractivity contribution is 7.13. The molecular weight excluding hydrogens is 332 g/mol. The van der Waals surface area contributed by atoms with Gasteiger partial charge in [-0.3, -0.25) is 4.79 Å². The number of nitrogens with one attached hydrogen (secondary N) is 1. The number of carbonyl (C=O) groups is 1. The van der Waals surface area contributed by atoms with Gasteiger partial charge in [0.25, 0.3) is 0 Å². The van der Waals surface area contributed by atoms with E-state index in [-0.39, 0.29) is 17.9 Å². The lowest BCUT2D eigenvalue weighted by Gasteiger charge is -2.20. The molecule has 1 fully saturated rings. The van der Waals surface area contributed by atoms with E-state index >= 15 is 0 Å². The lowest BCUT2D eigenvalue weighted by molar-refractivity contribution is -0.118. The predicted molar refractivity (Wildman–Crippen MR) is 102 cm³/mol. The van der Waals surface area contributed by atoms with Crippen LogP contribution in [0.4, 0.5) is 5.13 Å². The highest BCUT2D eigenvalue weighted by Gasteiger charge is 2.27. The molecule has 0 radical (unpaired) electrons. The zero-order valence-corrected chi connectivity index (χ0v) is 15.5. The van der Waals surface area contributed by atoms with E-state index < -0.39 is 0 Å². The topological polar surface area (TPSA) is 62.2 Å². The van der Waals surface area contributed by atoms with Crippen molar-refractivity contribution in [3.8, 4) is 0 Å². The number of aliphatic hydroxyl groups excluding tert-OH is 1. The Morgan fingerprint density at radius 2 is 2.04 bits per heavy atom. The number of anilines is 1. The number of thiazole rings is 1. The van der Waals surface area contributed by atoms with Crippen molar-refractivity contribution < 1.29 is 9.90 Å². The fourth-order valence-corrected chi connectivity index (χ4v) is 4.21. The summed E-state index contributed by atoms with van der Waals surface area (Å²) >= 11 is 1.45. The van der Waals surface area contributed by atoms with E-state index in [0.717, 1.165) is 17.5 Å². The Balaban J connectivity index is 1.75. The highest BCUT2D eigenvalue weighted by atomic mass is 32.1. The minimum Gasteiger partial charge on any atom is -0.393 e. The molecule has 0 saturated heterocycles. The first kappa shape index (κ1) is 18.1. The Morgan fingerprint density at radius 3 is 2.64 bits per heavy atom. The number of aromatic nitrogens is 1. The first-order valence-electron chi connectivity index (χ1n) is 9.09. The van der Waals surface area contributed by atoms with E-state index in [2.05, 4.69) is 10.3 Å². The van der Waals surface area contributed by atoms with Crippen molar-refractivity contribution in [2.75, 3.05) is 5.32 Å². The Morgan fingerprint density at radius 1 is 1.32 bits per heavy atom. The molecule has 5 heteroatoms. The summed E-state index contributed by atoms with van der Waals surface area (Å²) in [5, 5.41) is 15.0. The van der Waals surface area contributed by atoms with Gasteiger partial charge >= 0.3 is 0 Å². The van der Waals surface area contributed by atoms with E-state index in [9.17, 15) is 9.90 Å². The molecule has 1 aromatic heterocycles. The van der Waals surface area contributed by atoms with Crippen LogP contribution in [0.3, 0.4) is 0 Å². The number of hydrogen-bond acceptors (Lipinski definition) is 4. The van der Waals surface area contributed by atoms with E-state index in [1.807, 2.05) is 29.6 Å². The van der Waals surface area contributed by atoms with Gasteiger partial charge < -0.3 is 10.4 Å². The van der Waals surface area contributed by atoms with Gasteiger partial charge in [-0.15, -0.1) is 11.3 Å². The third-order valence-electron chi connectivity index (χ3n) is 4.94. The zero-order chi connectivity index (χ0) is 17.6. The second kappa shape index (κ2) is 8.59. The summed E-state index contributed by atoms with van der Waals surface area (Å²) in [6.07, 6.45) is 7.89. The molecule has 2 unspecified atom stereocenters. The van der Waals surface area contributed by atoms with Crippen molar-refractivity contribution in [2.45, 2.75) is 57.5 Å². The average Bonchev–Trinajstić information content (AvgIpc) is 3.26. The molecule has 2 N–H and O–H groups in total. The van der Waals surface area contributed by atoms with Gasteiger partial charge in [-0.05, 0) is 36.8 Å². The monoisotopic (exact) mass is 358 g/mol. The average molecular weight is 359 g/mol. The van der Waals surface area contributed by atoms with Crippen LogP contribution in [0, 0.1) is 5.92 Å². The molecule has 1 aliphatic rings. The molecule has 2 atom stereocenters. The van der Waals surface area contributed by atoms with Gasteiger partial charge in [0.15, 0.2) is 5.13 Å². The normalized spacial score (nSPS) is 17.4. The number of nitrogens with zero attached hydrogens (tertiary/aromatic N) is 1. The standard InChI is InChI=1S/C20H26N2O2S/c1-14(23)12-16-6-8-17(9-7-16)18(13-15-4-2-3-5-15)19(24)22-20-21-10-11-25-20/h6-11,14-15,18,23H,2-5,12-13H2,1H3,(H,21,22,24). The van der Waals surface area contributed by atoms with Gasteiger partial charge in [-0.1, -0.05) is 49.9 Å². The van der Waals surface area contributed by atoms with Crippen LogP contribution in [0.1, 0.15) is 56.1 Å². The van der Waals surface area contributed by atoms with Gasteiger partial charge in [0.2, 0.25) is 5.91 Å². The molecule has 0 aliphatic heterocycles. The van der Waals surface area contributed by atoms with Crippen LogP contribution >= 0.6 is 11.3 Å². The molecule has 1 aromatic carbocycles. The SMILES string of the molecule is CC(O)Cc1ccc(C(CC2CCCC2)C(=O)Nc2nccs2)cc1. The highest BCUT2D eigenvalue weighted by Crippen LogP contribution is 2.35. The molecule has 134 valence electrons. The predicted octanol–water partition coefficient (Wildman–Crippen LogP) is 4.37. The summed E-state index contributed by atoms with van der Waals surface area (Å²) in [4.78, 5) is 17.0. The van der Waals surface area contributed by atoms with Gasteiger partial charge in [-0.2, -0.15) is 0 Å². The Labute approximate surface area is 153 Å². The van der Waals surface area contributed by atoms with E-state index in [1.54, 1.807) is 13.1 Å². The van der Waals surface area contributed by atoms with E-state index in [1.165, 1.54) is 37.0 Å². The summed E-state index contributed by atoms with van der Waals surface area (Å²) in [5.74, 6) is 0.516. The largest absolute Gasteiger partial charge is 0.393 e. The van der Waals surface area contributed by atoms with Gasteiger partial charge in [0.1, 0.15) is 0 Å². The molecule has 1 amide bonds. The summed E-state index contributed by atoms with van der Waals surface area (Å²) < 4.78 is 0. The van der Waals surface area contributed by atoms with Crippen molar-refractivity contribution in [2.24, 2.45) is 5.92 Å². The van der Waals surface area contributed by atoms with Crippen LogP contribution in [0.2, 0.25) is 0 Å². The number of aliphatic hydroxyl groups is 1. The summed E-state index contributed by atoms with van der Waals surface area (Å²) in [6.45, 7) is 1.79. The summed E-state index contributed by atoms with van der Waals surface area (Å²) in [5.41, 5.74) is 2.15. The number of hydrogen-bond donors (Lipinski definition) is 2. The van der Waals surface area contributed by atoms with Crippen LogP contribution in [0.15, 0.2) is 35.8 Å². The fourth-order valence-electron chi connectivity index (χ4n) is 3.68. The molecule has 3 rings (SSSR count). The van der Waals surface area contributed by atoms with Crippen molar-refractivity contribution in [1.82, 2.24) is 4.98 Å². The molecule has 1 aliphatic carbocycles. The molecule has 4 nitrogen and oxygen atoms in total. The van der Waals surface area contributed by atoms with Crippen molar-refractivity contribution >= 4 is 22.4 Å². The lowest BCUT2D eigenvalue weighted by atomic mass is 9.86. The van der Waals surface area contributed by atoms with E-state index in [0.29, 0.717) is 17.5 Å². The van der Waals surface area contributed by atoms with Crippen LogP contribution in [0.25, 0.3) is 0 Å². The molecule has 1 heterocycles. The Bertz CT molecular complexity index is 662. The third kappa shape index (κ3) is 5.13. The Hall–Kier alpha value is -1.72. The van der Waals surface area contributed by atoms with Gasteiger partial charge in [0, 0.05) is 11.6 Å². The first-order valence-corrected chi connectivity index (χ1v) is 9.97. The number of amides is 1. The maximum atomic E-state index is 12.9. The zero-order valence-electron chi connectivity index (χ0n) is 14.6. The van der Waals surface area contributed by atoms with Crippen LogP contribution < -0.4 is 5.32 Å². The minimum atomic E-state index is -0.353. The second-order valence-electron chi connectivity index (χ2n) is 7.06. The molecule has 25 heavy (non-hydrogen) atoms. The first-order chi connectivity index (χ1) is 12.1. The van der Waals surface area contributed by atoms with Crippen molar-refractivity contribution in [3.05, 3.63) is 47.0 Å². The fraction of sp³-hybridized carbons (Fsp3) is 0.500.